The predicted molar refractivity (Wildman–Crippen MR) is 169 cm³/mol. The van der Waals surface area contributed by atoms with Gasteiger partial charge in [-0.25, -0.2) is 0 Å². The summed E-state index contributed by atoms with van der Waals surface area (Å²) in [6, 6.07) is 2.38. The van der Waals surface area contributed by atoms with Crippen molar-refractivity contribution < 1.29 is 48.5 Å². The molecule has 0 aromatic heterocycles. The minimum Gasteiger partial charge on any atom is -0.456 e. The highest BCUT2D eigenvalue weighted by Gasteiger charge is 2.61. The number of hydrogen-bond donors (Lipinski definition) is 0. The van der Waals surface area contributed by atoms with Crippen LogP contribution in [0, 0.1) is 0 Å². The first-order valence-corrected chi connectivity index (χ1v) is 24.9. The van der Waals surface area contributed by atoms with E-state index in [2.05, 4.69) is 92.7 Å². The summed E-state index contributed by atoms with van der Waals surface area (Å²) in [7, 11) is -13.3. The molecule has 1 fully saturated rings. The molecule has 8 nitrogen and oxygen atoms in total. The molecule has 5 atom stereocenters. The quantitative estimate of drug-likeness (QED) is 0.121. The van der Waals surface area contributed by atoms with Crippen molar-refractivity contribution in [2.75, 3.05) is 0 Å². The van der Waals surface area contributed by atoms with Crippen molar-refractivity contribution in [1.29, 1.82) is 0 Å². The highest BCUT2D eigenvalue weighted by Crippen LogP contribution is 2.48. The standard InChI is InChI=1S/C28H55F3O8SSi3/c1-15-43(16-2,17-3)38-21-22(37-41(11,12)25(4,5)6)24(39-42(13,14)26(7,8)9)35-27(10)19-18-20(34-23(21)27)36-40(32,33)28(29,30)31/h18,21-24H,15-17,19H2,1-14H3/t21-,22+,23-,24-,27+/m0/s1. The highest BCUT2D eigenvalue weighted by molar-refractivity contribution is 7.87. The van der Waals surface area contributed by atoms with Crippen molar-refractivity contribution >= 4 is 35.1 Å². The van der Waals surface area contributed by atoms with Crippen LogP contribution < -0.4 is 0 Å². The third-order valence-corrected chi connectivity index (χ3v) is 24.5. The fraction of sp³-hybridized carbons (Fsp3) is 0.929. The van der Waals surface area contributed by atoms with Crippen molar-refractivity contribution in [3.63, 3.8) is 0 Å². The first kappa shape index (κ1) is 38.8. The van der Waals surface area contributed by atoms with Gasteiger partial charge < -0.3 is 26.9 Å². The third kappa shape index (κ3) is 8.30. The molecule has 2 aliphatic heterocycles. The molecule has 0 aliphatic carbocycles. The van der Waals surface area contributed by atoms with Crippen LogP contribution in [-0.2, 0) is 37.1 Å². The molecule has 2 aliphatic rings. The maximum atomic E-state index is 13.2. The molecular weight excluding hydrogens is 638 g/mol. The van der Waals surface area contributed by atoms with E-state index >= 15 is 0 Å². The Morgan fingerprint density at radius 2 is 1.33 bits per heavy atom. The molecule has 0 bridgehead atoms. The zero-order chi connectivity index (χ0) is 33.7. The third-order valence-electron chi connectivity index (χ3n) is 10.0. The van der Waals surface area contributed by atoms with Crippen molar-refractivity contribution in [2.24, 2.45) is 0 Å². The van der Waals surface area contributed by atoms with E-state index in [0.717, 1.165) is 18.1 Å². The predicted octanol–water partition coefficient (Wildman–Crippen LogP) is 8.40. The molecule has 2 rings (SSSR count). The lowest BCUT2D eigenvalue weighted by Gasteiger charge is -2.57. The van der Waals surface area contributed by atoms with Gasteiger partial charge in [-0.15, -0.1) is 0 Å². The van der Waals surface area contributed by atoms with E-state index < -0.39 is 76.7 Å². The molecule has 0 amide bonds. The lowest BCUT2D eigenvalue weighted by atomic mass is 9.84. The summed E-state index contributed by atoms with van der Waals surface area (Å²) in [5.41, 5.74) is -6.74. The summed E-state index contributed by atoms with van der Waals surface area (Å²) >= 11 is 0. The molecule has 0 aromatic rings. The average Bonchev–Trinajstić information content (AvgIpc) is 2.82. The fourth-order valence-electron chi connectivity index (χ4n) is 4.71. The lowest BCUT2D eigenvalue weighted by molar-refractivity contribution is -0.313. The molecule has 0 radical (unpaired) electrons. The second-order valence-corrected chi connectivity index (χ2v) is 30.9. The molecular formula is C28H55F3O8SSi3. The van der Waals surface area contributed by atoms with Gasteiger partial charge in [0.1, 0.15) is 17.8 Å². The van der Waals surface area contributed by atoms with E-state index in [4.69, 9.17) is 22.8 Å². The smallest absolute Gasteiger partial charge is 0.456 e. The Morgan fingerprint density at radius 1 is 0.860 bits per heavy atom. The molecule has 1 saturated heterocycles. The minimum atomic E-state index is -5.94. The van der Waals surface area contributed by atoms with Gasteiger partial charge in [-0.2, -0.15) is 21.6 Å². The Balaban J connectivity index is 2.77. The van der Waals surface area contributed by atoms with E-state index in [1.807, 2.05) is 0 Å². The Morgan fingerprint density at radius 3 is 1.74 bits per heavy atom. The number of alkyl halides is 3. The van der Waals surface area contributed by atoms with Crippen LogP contribution in [-0.4, -0.2) is 69.1 Å². The Bertz CT molecular complexity index is 1100. The van der Waals surface area contributed by atoms with Gasteiger partial charge in [0.05, 0.1) is 0 Å². The largest absolute Gasteiger partial charge is 0.534 e. The number of hydrogen-bond acceptors (Lipinski definition) is 8. The molecule has 0 saturated carbocycles. The number of ether oxygens (including phenoxy) is 2. The van der Waals surface area contributed by atoms with Crippen LogP contribution in [0.3, 0.4) is 0 Å². The van der Waals surface area contributed by atoms with E-state index in [0.29, 0.717) is 0 Å². The van der Waals surface area contributed by atoms with Crippen molar-refractivity contribution in [3.8, 4) is 0 Å². The van der Waals surface area contributed by atoms with Crippen LogP contribution in [0.25, 0.3) is 0 Å². The molecule has 15 heteroatoms. The average molecular weight is 693 g/mol. The lowest BCUT2D eigenvalue weighted by Crippen LogP contribution is -2.71. The Kier molecular flexibility index (Phi) is 11.4. The summed E-state index contributed by atoms with van der Waals surface area (Å²) in [5.74, 6) is -0.747. The molecule has 2 heterocycles. The van der Waals surface area contributed by atoms with Crippen molar-refractivity contribution in [2.45, 2.75) is 166 Å². The highest BCUT2D eigenvalue weighted by atomic mass is 32.2. The van der Waals surface area contributed by atoms with E-state index in [1.54, 1.807) is 6.92 Å². The van der Waals surface area contributed by atoms with Crippen LogP contribution >= 0.6 is 0 Å². The van der Waals surface area contributed by atoms with Gasteiger partial charge in [0.25, 0.3) is 5.95 Å². The van der Waals surface area contributed by atoms with Crippen molar-refractivity contribution in [3.05, 3.63) is 12.0 Å². The number of rotatable bonds is 11. The number of halogens is 3. The second-order valence-electron chi connectivity index (χ2n) is 15.1. The molecule has 0 spiro atoms. The summed E-state index contributed by atoms with van der Waals surface area (Å²) in [4.78, 5) is 0. The maximum Gasteiger partial charge on any atom is 0.534 e. The molecule has 43 heavy (non-hydrogen) atoms. The van der Waals surface area contributed by atoms with Crippen molar-refractivity contribution in [1.82, 2.24) is 0 Å². The minimum absolute atomic E-state index is 0.0172. The van der Waals surface area contributed by atoms with E-state index in [1.165, 1.54) is 6.08 Å². The second kappa shape index (κ2) is 12.6. The van der Waals surface area contributed by atoms with Gasteiger partial charge in [0.2, 0.25) is 0 Å². The van der Waals surface area contributed by atoms with Crippen LogP contribution in [0.15, 0.2) is 12.0 Å². The first-order chi connectivity index (χ1) is 19.1. The van der Waals surface area contributed by atoms with Gasteiger partial charge in [-0.3, -0.25) is 0 Å². The van der Waals surface area contributed by atoms with Crippen LogP contribution in [0.5, 0.6) is 0 Å². The van der Waals surface area contributed by atoms with Gasteiger partial charge in [0, 0.05) is 12.5 Å². The molecule has 254 valence electrons. The van der Waals surface area contributed by atoms with Crippen LogP contribution in [0.2, 0.25) is 54.4 Å². The van der Waals surface area contributed by atoms with E-state index in [9.17, 15) is 21.6 Å². The summed E-state index contributed by atoms with van der Waals surface area (Å²) in [5, 5.41) is -0.353. The summed E-state index contributed by atoms with van der Waals surface area (Å²) < 4.78 is 102. The molecule has 0 aromatic carbocycles. The van der Waals surface area contributed by atoms with Gasteiger partial charge >= 0.3 is 15.6 Å². The molecule has 0 unspecified atom stereocenters. The van der Waals surface area contributed by atoms with Crippen LogP contribution in [0.4, 0.5) is 13.2 Å². The zero-order valence-electron chi connectivity index (χ0n) is 28.5. The fourth-order valence-corrected chi connectivity index (χ4v) is 10.4. The zero-order valence-corrected chi connectivity index (χ0v) is 32.3. The topological polar surface area (TPSA) is 89.5 Å². The monoisotopic (exact) mass is 692 g/mol. The van der Waals surface area contributed by atoms with Gasteiger partial charge in [0.15, 0.2) is 37.3 Å². The SMILES string of the molecule is CC[Si](CC)(CC)O[C@H]1[C@@H](O[Si](C)(C)C(C)(C)C)[C@H](O[Si](C)(C)C(C)(C)C)O[C@]2(C)CC=C(OS(=O)(=O)C(F)(F)F)O[C@@H]12. The summed E-state index contributed by atoms with van der Waals surface area (Å²) in [6.45, 7) is 29.2. The normalized spacial score (nSPS) is 28.2. The first-order valence-electron chi connectivity index (χ1n) is 15.2. The van der Waals surface area contributed by atoms with E-state index in [-0.39, 0.29) is 16.5 Å². The number of fused-ring (bicyclic) bond motifs is 1. The molecule has 0 N–H and O–H groups in total. The Labute approximate surface area is 260 Å². The van der Waals surface area contributed by atoms with Gasteiger partial charge in [-0.1, -0.05) is 62.3 Å². The van der Waals surface area contributed by atoms with Crippen LogP contribution in [0.1, 0.15) is 75.7 Å². The summed E-state index contributed by atoms with van der Waals surface area (Å²) in [6.07, 6.45) is -2.29. The Hall–Kier alpha value is -0.429. The van der Waals surface area contributed by atoms with Gasteiger partial charge in [-0.05, 0) is 61.3 Å². The maximum absolute atomic E-state index is 13.2.